The lowest BCUT2D eigenvalue weighted by Crippen LogP contribution is -2.30. The fraction of sp³-hybridized carbons (Fsp3) is 0.588. The van der Waals surface area contributed by atoms with Crippen molar-refractivity contribution in [2.75, 3.05) is 31.1 Å². The van der Waals surface area contributed by atoms with Gasteiger partial charge in [-0.25, -0.2) is 4.39 Å². The number of benzene rings is 1. The van der Waals surface area contributed by atoms with E-state index < -0.39 is 0 Å². The molecule has 0 aromatic heterocycles. The number of carbonyl (C=O) groups is 1. The van der Waals surface area contributed by atoms with Crippen molar-refractivity contribution in [3.8, 4) is 0 Å². The molecule has 22 heavy (non-hydrogen) atoms. The van der Waals surface area contributed by atoms with E-state index in [1.54, 1.807) is 6.07 Å². The Bertz CT molecular complexity index is 485. The molecule has 1 aliphatic rings. The standard InChI is InChI=1S/C17H26FN3O/c1-14(22)20-9-8-19-13-15-6-7-16(18)17(12-15)21-10-4-2-3-5-11-21/h6-7,12,19H,2-5,8-11,13H2,1H3,(H,20,22). The first-order valence-electron chi connectivity index (χ1n) is 8.15. The second-order valence-corrected chi connectivity index (χ2v) is 5.85. The number of anilines is 1. The normalized spacial score (nSPS) is 15.5. The fourth-order valence-electron chi connectivity index (χ4n) is 2.78. The summed E-state index contributed by atoms with van der Waals surface area (Å²) < 4.78 is 14.1. The molecule has 1 aliphatic heterocycles. The van der Waals surface area contributed by atoms with Crippen molar-refractivity contribution in [2.24, 2.45) is 0 Å². The van der Waals surface area contributed by atoms with E-state index in [9.17, 15) is 9.18 Å². The van der Waals surface area contributed by atoms with Crippen molar-refractivity contribution in [1.29, 1.82) is 0 Å². The van der Waals surface area contributed by atoms with E-state index in [-0.39, 0.29) is 11.7 Å². The van der Waals surface area contributed by atoms with Crippen LogP contribution in [0.1, 0.15) is 38.2 Å². The lowest BCUT2D eigenvalue weighted by molar-refractivity contribution is -0.118. The smallest absolute Gasteiger partial charge is 0.216 e. The van der Waals surface area contributed by atoms with Crippen molar-refractivity contribution in [3.63, 3.8) is 0 Å². The summed E-state index contributed by atoms with van der Waals surface area (Å²) in [6.07, 6.45) is 4.75. The van der Waals surface area contributed by atoms with Crippen molar-refractivity contribution >= 4 is 11.6 Å². The molecule has 1 aromatic carbocycles. The van der Waals surface area contributed by atoms with Crippen LogP contribution in [0, 0.1) is 5.82 Å². The average Bonchev–Trinajstić information content (AvgIpc) is 2.77. The van der Waals surface area contributed by atoms with Gasteiger partial charge in [-0.05, 0) is 30.5 Å². The monoisotopic (exact) mass is 307 g/mol. The molecule has 0 unspecified atom stereocenters. The summed E-state index contributed by atoms with van der Waals surface area (Å²) in [6, 6.07) is 5.33. The largest absolute Gasteiger partial charge is 0.369 e. The third-order valence-electron chi connectivity index (χ3n) is 3.96. The van der Waals surface area contributed by atoms with Crippen molar-refractivity contribution in [1.82, 2.24) is 10.6 Å². The molecular weight excluding hydrogens is 281 g/mol. The topological polar surface area (TPSA) is 44.4 Å². The van der Waals surface area contributed by atoms with Crippen molar-refractivity contribution in [2.45, 2.75) is 39.2 Å². The second-order valence-electron chi connectivity index (χ2n) is 5.85. The minimum atomic E-state index is -0.135. The molecule has 2 N–H and O–H groups in total. The van der Waals surface area contributed by atoms with Crippen LogP contribution in [-0.2, 0) is 11.3 Å². The van der Waals surface area contributed by atoms with Crippen LogP contribution in [0.3, 0.4) is 0 Å². The van der Waals surface area contributed by atoms with Crippen LogP contribution in [-0.4, -0.2) is 32.1 Å². The average molecular weight is 307 g/mol. The zero-order chi connectivity index (χ0) is 15.8. The quantitative estimate of drug-likeness (QED) is 0.793. The molecule has 2 rings (SSSR count). The van der Waals surface area contributed by atoms with Gasteiger partial charge in [0.2, 0.25) is 5.91 Å². The molecular formula is C17H26FN3O. The van der Waals surface area contributed by atoms with Crippen molar-refractivity contribution in [3.05, 3.63) is 29.6 Å². The molecule has 0 bridgehead atoms. The van der Waals surface area contributed by atoms with Gasteiger partial charge in [-0.3, -0.25) is 4.79 Å². The third kappa shape index (κ3) is 5.30. The van der Waals surface area contributed by atoms with Gasteiger partial charge in [-0.15, -0.1) is 0 Å². The summed E-state index contributed by atoms with van der Waals surface area (Å²) in [5.74, 6) is -0.157. The first-order chi connectivity index (χ1) is 10.7. The lowest BCUT2D eigenvalue weighted by Gasteiger charge is -2.24. The first kappa shape index (κ1) is 16.7. The highest BCUT2D eigenvalue weighted by molar-refractivity contribution is 5.72. The summed E-state index contributed by atoms with van der Waals surface area (Å²) in [5, 5.41) is 6.00. The second kappa shape index (κ2) is 8.73. The summed E-state index contributed by atoms with van der Waals surface area (Å²) in [7, 11) is 0. The summed E-state index contributed by atoms with van der Waals surface area (Å²) in [6.45, 7) is 5.38. The Morgan fingerprint density at radius 3 is 2.59 bits per heavy atom. The van der Waals surface area contributed by atoms with Crippen LogP contribution in [0.2, 0.25) is 0 Å². The van der Waals surface area contributed by atoms with E-state index in [0.717, 1.165) is 37.2 Å². The Kier molecular flexibility index (Phi) is 6.65. The summed E-state index contributed by atoms with van der Waals surface area (Å²) >= 11 is 0. The Labute approximate surface area is 132 Å². The lowest BCUT2D eigenvalue weighted by atomic mass is 10.1. The molecule has 0 atom stereocenters. The Hall–Kier alpha value is -1.62. The van der Waals surface area contributed by atoms with E-state index >= 15 is 0 Å². The Morgan fingerprint density at radius 1 is 1.18 bits per heavy atom. The minimum Gasteiger partial charge on any atom is -0.369 e. The molecule has 0 radical (unpaired) electrons. The number of nitrogens with zero attached hydrogens (tertiary/aromatic N) is 1. The molecule has 4 nitrogen and oxygen atoms in total. The maximum absolute atomic E-state index is 14.1. The molecule has 1 aromatic rings. The molecule has 1 heterocycles. The van der Waals surface area contributed by atoms with Gasteiger partial charge in [0, 0.05) is 39.6 Å². The summed E-state index contributed by atoms with van der Waals surface area (Å²) in [5.41, 5.74) is 1.80. The highest BCUT2D eigenvalue weighted by Crippen LogP contribution is 2.24. The van der Waals surface area contributed by atoms with E-state index in [4.69, 9.17) is 0 Å². The van der Waals surface area contributed by atoms with Gasteiger partial charge in [0.25, 0.3) is 0 Å². The minimum absolute atomic E-state index is 0.0213. The van der Waals surface area contributed by atoms with Crippen LogP contribution in [0.5, 0.6) is 0 Å². The Balaban J connectivity index is 1.90. The maximum atomic E-state index is 14.1. The third-order valence-corrected chi connectivity index (χ3v) is 3.96. The SMILES string of the molecule is CC(=O)NCCNCc1ccc(F)c(N2CCCCCC2)c1. The highest BCUT2D eigenvalue weighted by Gasteiger charge is 2.14. The van der Waals surface area contributed by atoms with Crippen molar-refractivity contribution < 1.29 is 9.18 Å². The number of carbonyl (C=O) groups excluding carboxylic acids is 1. The maximum Gasteiger partial charge on any atom is 0.216 e. The number of amides is 1. The van der Waals surface area contributed by atoms with E-state index in [2.05, 4.69) is 15.5 Å². The van der Waals surface area contributed by atoms with Gasteiger partial charge in [0.15, 0.2) is 0 Å². The summed E-state index contributed by atoms with van der Waals surface area (Å²) in [4.78, 5) is 12.9. The van der Waals surface area contributed by atoms with Crippen LogP contribution in [0.4, 0.5) is 10.1 Å². The number of hydrogen-bond acceptors (Lipinski definition) is 3. The predicted molar refractivity (Wildman–Crippen MR) is 87.5 cm³/mol. The van der Waals surface area contributed by atoms with Gasteiger partial charge in [0.1, 0.15) is 5.82 Å². The molecule has 1 saturated heterocycles. The number of rotatable bonds is 6. The fourth-order valence-corrected chi connectivity index (χ4v) is 2.78. The van der Waals surface area contributed by atoms with Gasteiger partial charge in [-0.1, -0.05) is 18.9 Å². The zero-order valence-electron chi connectivity index (χ0n) is 13.3. The number of nitrogens with one attached hydrogen (secondary N) is 2. The van der Waals surface area contributed by atoms with Crippen LogP contribution < -0.4 is 15.5 Å². The number of halogens is 1. The molecule has 0 saturated carbocycles. The molecule has 1 amide bonds. The number of hydrogen-bond donors (Lipinski definition) is 2. The van der Waals surface area contributed by atoms with Crippen LogP contribution >= 0.6 is 0 Å². The first-order valence-corrected chi connectivity index (χ1v) is 8.15. The molecule has 0 aliphatic carbocycles. The van der Waals surface area contributed by atoms with Crippen LogP contribution in [0.25, 0.3) is 0 Å². The molecule has 0 spiro atoms. The zero-order valence-corrected chi connectivity index (χ0v) is 13.3. The van der Waals surface area contributed by atoms with Gasteiger partial charge in [0.05, 0.1) is 5.69 Å². The van der Waals surface area contributed by atoms with E-state index in [0.29, 0.717) is 19.6 Å². The Morgan fingerprint density at radius 2 is 1.91 bits per heavy atom. The van der Waals surface area contributed by atoms with Gasteiger partial charge in [-0.2, -0.15) is 0 Å². The molecule has 5 heteroatoms. The van der Waals surface area contributed by atoms with Crippen LogP contribution in [0.15, 0.2) is 18.2 Å². The predicted octanol–water partition coefficient (Wildman–Crippen LogP) is 2.43. The van der Waals surface area contributed by atoms with E-state index in [1.165, 1.54) is 19.8 Å². The molecule has 1 fully saturated rings. The van der Waals surface area contributed by atoms with Gasteiger partial charge >= 0.3 is 0 Å². The highest BCUT2D eigenvalue weighted by atomic mass is 19.1. The van der Waals surface area contributed by atoms with E-state index in [1.807, 2.05) is 12.1 Å². The molecule has 122 valence electrons. The van der Waals surface area contributed by atoms with Gasteiger partial charge < -0.3 is 15.5 Å².